The fraction of sp³-hybridized carbons (Fsp3) is 0.133. The van der Waals surface area contributed by atoms with Gasteiger partial charge >= 0.3 is 0 Å². The van der Waals surface area contributed by atoms with Crippen molar-refractivity contribution in [1.82, 2.24) is 0 Å². The molecule has 0 bridgehead atoms. The van der Waals surface area contributed by atoms with Gasteiger partial charge in [-0.3, -0.25) is 4.79 Å². The summed E-state index contributed by atoms with van der Waals surface area (Å²) < 4.78 is 18.4. The number of hydrogen-bond donors (Lipinski definition) is 1. The molecule has 0 saturated carbocycles. The van der Waals surface area contributed by atoms with Gasteiger partial charge in [0.1, 0.15) is 0 Å². The van der Waals surface area contributed by atoms with Crippen LogP contribution < -0.4 is 10.5 Å². The number of nitrogens with two attached hydrogens (primary N) is 1. The topological polar surface area (TPSA) is 52.3 Å². The van der Waals surface area contributed by atoms with Crippen LogP contribution in [0.5, 0.6) is 5.75 Å². The number of hydrogen-bond acceptors (Lipinski definition) is 3. The van der Waals surface area contributed by atoms with Crippen molar-refractivity contribution in [3.63, 3.8) is 0 Å². The monoisotopic (exact) mass is 327 g/mol. The molecule has 0 aliphatic rings. The lowest BCUT2D eigenvalue weighted by molar-refractivity contribution is 0.0993. The molecule has 0 radical (unpaired) electrons. The Morgan fingerprint density at radius 1 is 1.24 bits per heavy atom. The number of ether oxygens (including phenoxy) is 1. The Morgan fingerprint density at radius 3 is 2.38 bits per heavy atom. The molecule has 2 N–H and O–H groups in total. The van der Waals surface area contributed by atoms with E-state index in [1.165, 1.54) is 31.4 Å². The van der Waals surface area contributed by atoms with E-state index in [2.05, 4.69) is 0 Å². The molecule has 21 heavy (non-hydrogen) atoms. The highest BCUT2D eigenvalue weighted by Gasteiger charge is 2.13. The Hall–Kier alpha value is -1.78. The van der Waals surface area contributed by atoms with Crippen LogP contribution in [0.2, 0.25) is 10.0 Å². The van der Waals surface area contributed by atoms with Gasteiger partial charge in [0.15, 0.2) is 17.3 Å². The van der Waals surface area contributed by atoms with Gasteiger partial charge in [-0.2, -0.15) is 0 Å². The second-order valence-corrected chi connectivity index (χ2v) is 5.24. The first-order valence-corrected chi connectivity index (χ1v) is 6.78. The van der Waals surface area contributed by atoms with Crippen molar-refractivity contribution in [2.24, 2.45) is 0 Å². The van der Waals surface area contributed by atoms with E-state index < -0.39 is 5.82 Å². The molecule has 0 fully saturated rings. The van der Waals surface area contributed by atoms with Crippen molar-refractivity contribution >= 4 is 34.7 Å². The third-order valence-corrected chi connectivity index (χ3v) is 3.61. The molecule has 2 aromatic carbocycles. The average molecular weight is 328 g/mol. The maximum atomic E-state index is 13.6. The molecule has 0 heterocycles. The van der Waals surface area contributed by atoms with Gasteiger partial charge in [-0.15, -0.1) is 0 Å². The molecule has 110 valence electrons. The summed E-state index contributed by atoms with van der Waals surface area (Å²) in [5.41, 5.74) is 6.70. The predicted molar refractivity (Wildman–Crippen MR) is 81.9 cm³/mol. The van der Waals surface area contributed by atoms with Gasteiger partial charge < -0.3 is 10.5 Å². The quantitative estimate of drug-likeness (QED) is 0.678. The summed E-state index contributed by atoms with van der Waals surface area (Å²) in [6.45, 7) is 0. The minimum absolute atomic E-state index is 0.0253. The third kappa shape index (κ3) is 3.46. The number of carbonyl (C=O) groups excluding carboxylic acids is 1. The van der Waals surface area contributed by atoms with Crippen LogP contribution in [0.1, 0.15) is 15.9 Å². The number of ketones is 1. The van der Waals surface area contributed by atoms with E-state index in [9.17, 15) is 9.18 Å². The van der Waals surface area contributed by atoms with Crippen molar-refractivity contribution in [2.45, 2.75) is 6.42 Å². The molecule has 0 aliphatic carbocycles. The van der Waals surface area contributed by atoms with Crippen molar-refractivity contribution in [1.29, 1.82) is 0 Å². The Bertz CT molecular complexity index is 681. The number of halogens is 3. The van der Waals surface area contributed by atoms with E-state index in [4.69, 9.17) is 33.7 Å². The lowest BCUT2D eigenvalue weighted by atomic mass is 10.0. The standard InChI is InChI=1S/C15H12Cl2FNO2/c1-21-14-3-2-8(4-12(14)18)5-13(20)9-6-10(16)15(19)11(17)7-9/h2-4,6-7H,5,19H2,1H3. The van der Waals surface area contributed by atoms with Gasteiger partial charge in [-0.1, -0.05) is 29.3 Å². The first kappa shape index (κ1) is 15.6. The second-order valence-electron chi connectivity index (χ2n) is 4.42. The highest BCUT2D eigenvalue weighted by atomic mass is 35.5. The van der Waals surface area contributed by atoms with Gasteiger partial charge in [0.2, 0.25) is 0 Å². The van der Waals surface area contributed by atoms with Crippen LogP contribution in [-0.2, 0) is 6.42 Å². The van der Waals surface area contributed by atoms with E-state index in [0.29, 0.717) is 11.1 Å². The molecule has 3 nitrogen and oxygen atoms in total. The van der Waals surface area contributed by atoms with Crippen molar-refractivity contribution in [3.8, 4) is 5.75 Å². The molecule has 0 spiro atoms. The van der Waals surface area contributed by atoms with Crippen molar-refractivity contribution in [2.75, 3.05) is 12.8 Å². The average Bonchev–Trinajstić information content (AvgIpc) is 2.44. The van der Waals surface area contributed by atoms with E-state index in [-0.39, 0.29) is 33.7 Å². The summed E-state index contributed by atoms with van der Waals surface area (Å²) in [6, 6.07) is 7.26. The Labute approximate surface area is 131 Å². The lowest BCUT2D eigenvalue weighted by Gasteiger charge is -2.07. The number of rotatable bonds is 4. The number of benzene rings is 2. The Morgan fingerprint density at radius 2 is 1.86 bits per heavy atom. The molecule has 2 rings (SSSR count). The molecule has 0 atom stereocenters. The second kappa shape index (κ2) is 6.33. The highest BCUT2D eigenvalue weighted by molar-refractivity contribution is 6.39. The van der Waals surface area contributed by atoms with Crippen LogP contribution in [0.15, 0.2) is 30.3 Å². The van der Waals surface area contributed by atoms with Gasteiger partial charge in [-0.05, 0) is 29.8 Å². The first-order chi connectivity index (χ1) is 9.92. The molecule has 0 saturated heterocycles. The van der Waals surface area contributed by atoms with E-state index in [1.807, 2.05) is 0 Å². The number of Topliss-reactive ketones (excluding diaryl/α,β-unsaturated/α-hetero) is 1. The first-order valence-electron chi connectivity index (χ1n) is 6.02. The molecule has 2 aromatic rings. The molecule has 0 unspecified atom stereocenters. The van der Waals surface area contributed by atoms with Crippen molar-refractivity contribution < 1.29 is 13.9 Å². The third-order valence-electron chi connectivity index (χ3n) is 2.98. The zero-order valence-corrected chi connectivity index (χ0v) is 12.6. The summed E-state index contributed by atoms with van der Waals surface area (Å²) in [6.07, 6.45) is 0.0253. The SMILES string of the molecule is COc1ccc(CC(=O)c2cc(Cl)c(N)c(Cl)c2)cc1F. The Kier molecular flexibility index (Phi) is 4.70. The number of nitrogen functional groups attached to an aromatic ring is 1. The van der Waals surface area contributed by atoms with E-state index in [1.54, 1.807) is 6.07 Å². The zero-order chi connectivity index (χ0) is 15.6. The summed E-state index contributed by atoms with van der Waals surface area (Å²) in [7, 11) is 1.38. The van der Waals surface area contributed by atoms with Crippen LogP contribution in [0.4, 0.5) is 10.1 Å². The van der Waals surface area contributed by atoms with Gasteiger partial charge in [0, 0.05) is 12.0 Å². The minimum atomic E-state index is -0.517. The molecule has 0 aliphatic heterocycles. The smallest absolute Gasteiger partial charge is 0.167 e. The number of methoxy groups -OCH3 is 1. The summed E-state index contributed by atoms with van der Waals surface area (Å²) >= 11 is 11.8. The predicted octanol–water partition coefficient (Wildman–Crippen LogP) is 4.15. The van der Waals surface area contributed by atoms with Gasteiger partial charge in [0.05, 0.1) is 22.8 Å². The van der Waals surface area contributed by atoms with Crippen LogP contribution >= 0.6 is 23.2 Å². The van der Waals surface area contributed by atoms with Gasteiger partial charge in [0.25, 0.3) is 0 Å². The lowest BCUT2D eigenvalue weighted by Crippen LogP contribution is -2.05. The van der Waals surface area contributed by atoms with Crippen LogP contribution in [-0.4, -0.2) is 12.9 Å². The molecular formula is C15H12Cl2FNO2. The molecule has 0 amide bonds. The maximum Gasteiger partial charge on any atom is 0.167 e. The normalized spacial score (nSPS) is 10.5. The largest absolute Gasteiger partial charge is 0.494 e. The van der Waals surface area contributed by atoms with Crippen LogP contribution in [0.3, 0.4) is 0 Å². The molecule has 6 heteroatoms. The summed E-state index contributed by atoms with van der Waals surface area (Å²) in [5, 5.41) is 0.429. The zero-order valence-electron chi connectivity index (χ0n) is 11.1. The van der Waals surface area contributed by atoms with E-state index in [0.717, 1.165) is 0 Å². The summed E-state index contributed by atoms with van der Waals surface area (Å²) in [5.74, 6) is -0.621. The summed E-state index contributed by atoms with van der Waals surface area (Å²) in [4.78, 5) is 12.2. The fourth-order valence-electron chi connectivity index (χ4n) is 1.85. The van der Waals surface area contributed by atoms with Crippen LogP contribution in [0.25, 0.3) is 0 Å². The van der Waals surface area contributed by atoms with Gasteiger partial charge in [-0.25, -0.2) is 4.39 Å². The van der Waals surface area contributed by atoms with E-state index >= 15 is 0 Å². The van der Waals surface area contributed by atoms with Crippen LogP contribution in [0, 0.1) is 5.82 Å². The number of carbonyl (C=O) groups is 1. The maximum absolute atomic E-state index is 13.6. The minimum Gasteiger partial charge on any atom is -0.494 e. The van der Waals surface area contributed by atoms with Crippen molar-refractivity contribution in [3.05, 3.63) is 57.3 Å². The Balaban J connectivity index is 2.24. The fourth-order valence-corrected chi connectivity index (χ4v) is 2.34. The molecule has 0 aromatic heterocycles. The molecular weight excluding hydrogens is 316 g/mol. The highest BCUT2D eigenvalue weighted by Crippen LogP contribution is 2.29. The number of anilines is 1.